The molecule has 3 aromatic carbocycles. The summed E-state index contributed by atoms with van der Waals surface area (Å²) in [4.78, 5) is 14.9. The van der Waals surface area contributed by atoms with E-state index < -0.39 is 47.2 Å². The molecule has 5 nitrogen and oxygen atoms in total. The van der Waals surface area contributed by atoms with E-state index in [2.05, 4.69) is 14.8 Å². The van der Waals surface area contributed by atoms with E-state index in [0.29, 0.717) is 16.7 Å². The molecule has 0 aliphatic rings. The third kappa shape index (κ3) is 3.94. The van der Waals surface area contributed by atoms with Crippen molar-refractivity contribution in [2.75, 3.05) is 0 Å². The molecule has 30 heavy (non-hydrogen) atoms. The van der Waals surface area contributed by atoms with E-state index in [9.17, 15) is 26.7 Å². The zero-order valence-corrected chi connectivity index (χ0v) is 14.9. The number of benzene rings is 3. The van der Waals surface area contributed by atoms with Gasteiger partial charge >= 0.3 is 5.97 Å². The summed E-state index contributed by atoms with van der Waals surface area (Å²) < 4.78 is 71.6. The lowest BCUT2D eigenvalue weighted by Crippen LogP contribution is -2.16. The van der Waals surface area contributed by atoms with E-state index in [1.165, 1.54) is 6.07 Å². The number of azide groups is 1. The Morgan fingerprint density at radius 1 is 0.833 bits per heavy atom. The minimum atomic E-state index is -2.36. The smallest absolute Gasteiger partial charge is 0.315 e. The molecule has 3 aromatic rings. The first kappa shape index (κ1) is 20.8. The SMILES string of the molecule is [N-]=[N+]=Nc1ccccc1-c1ccccc1CC(=O)Oc1c(F)c(F)c(F)c(F)c1F. The van der Waals surface area contributed by atoms with Gasteiger partial charge in [0.15, 0.2) is 0 Å². The predicted octanol–water partition coefficient (Wildman–Crippen LogP) is 6.14. The summed E-state index contributed by atoms with van der Waals surface area (Å²) in [5.41, 5.74) is 10.2. The Bertz CT molecular complexity index is 1160. The molecule has 0 heterocycles. The highest BCUT2D eigenvalue weighted by Gasteiger charge is 2.28. The highest BCUT2D eigenvalue weighted by molar-refractivity contribution is 5.83. The van der Waals surface area contributed by atoms with Gasteiger partial charge in [0.2, 0.25) is 34.8 Å². The van der Waals surface area contributed by atoms with E-state index in [1.54, 1.807) is 42.5 Å². The van der Waals surface area contributed by atoms with Gasteiger partial charge in [-0.3, -0.25) is 4.79 Å². The van der Waals surface area contributed by atoms with Crippen LogP contribution in [-0.4, -0.2) is 5.97 Å². The summed E-state index contributed by atoms with van der Waals surface area (Å²) in [6.45, 7) is 0. The molecule has 0 unspecified atom stereocenters. The Hall–Kier alpha value is -3.91. The fourth-order valence-electron chi connectivity index (χ4n) is 2.75. The largest absolute Gasteiger partial charge is 0.420 e. The standard InChI is InChI=1S/C20H10F5N3O2/c21-15-16(22)18(24)20(19(25)17(15)23)30-14(29)9-10-5-1-2-6-11(10)12-7-3-4-8-13(12)27-28-26/h1-8H,9H2. The highest BCUT2D eigenvalue weighted by Crippen LogP contribution is 2.34. The molecule has 0 aliphatic heterocycles. The van der Waals surface area contributed by atoms with E-state index in [0.717, 1.165) is 0 Å². The second-order valence-electron chi connectivity index (χ2n) is 5.91. The van der Waals surface area contributed by atoms with Crippen molar-refractivity contribution in [1.29, 1.82) is 0 Å². The van der Waals surface area contributed by atoms with Gasteiger partial charge in [0.05, 0.1) is 6.42 Å². The normalized spacial score (nSPS) is 10.4. The van der Waals surface area contributed by atoms with Crippen LogP contribution >= 0.6 is 0 Å². The monoisotopic (exact) mass is 419 g/mol. The molecule has 0 saturated carbocycles. The lowest BCUT2D eigenvalue weighted by molar-refractivity contribution is -0.134. The van der Waals surface area contributed by atoms with Gasteiger partial charge in [-0.15, -0.1) is 0 Å². The van der Waals surface area contributed by atoms with Gasteiger partial charge in [-0.25, -0.2) is 13.2 Å². The first-order valence-corrected chi connectivity index (χ1v) is 8.29. The fraction of sp³-hybridized carbons (Fsp3) is 0.0500. The number of esters is 1. The number of hydrogen-bond acceptors (Lipinski definition) is 3. The van der Waals surface area contributed by atoms with Crippen molar-refractivity contribution in [1.82, 2.24) is 0 Å². The van der Waals surface area contributed by atoms with Crippen LogP contribution in [0.2, 0.25) is 0 Å². The number of ether oxygens (including phenoxy) is 1. The molecule has 0 amide bonds. The predicted molar refractivity (Wildman–Crippen MR) is 96.3 cm³/mol. The molecule has 0 bridgehead atoms. The van der Waals surface area contributed by atoms with Gasteiger partial charge in [0.25, 0.3) is 0 Å². The molecule has 10 heteroatoms. The molecular weight excluding hydrogens is 409 g/mol. The summed E-state index contributed by atoms with van der Waals surface area (Å²) in [6.07, 6.45) is -0.555. The Morgan fingerprint density at radius 3 is 2.00 bits per heavy atom. The zero-order chi connectivity index (χ0) is 21.8. The number of rotatable bonds is 5. The van der Waals surface area contributed by atoms with Crippen molar-refractivity contribution in [3.05, 3.63) is 93.6 Å². The summed E-state index contributed by atoms with van der Waals surface area (Å²) in [6, 6.07) is 12.8. The Kier molecular flexibility index (Phi) is 5.98. The second kappa shape index (κ2) is 8.62. The molecule has 0 aliphatic carbocycles. The first-order chi connectivity index (χ1) is 14.3. The minimum Gasteiger partial charge on any atom is -0.420 e. The number of halogens is 5. The molecule has 0 radical (unpaired) electrons. The van der Waals surface area contributed by atoms with Crippen LogP contribution < -0.4 is 4.74 Å². The number of nitrogens with zero attached hydrogens (tertiary/aromatic N) is 3. The van der Waals surface area contributed by atoms with Crippen molar-refractivity contribution in [3.63, 3.8) is 0 Å². The minimum absolute atomic E-state index is 0.264. The quantitative estimate of drug-likeness (QED) is 0.0728. The molecule has 0 fully saturated rings. The Balaban J connectivity index is 1.95. The summed E-state index contributed by atoms with van der Waals surface area (Å²) in [7, 11) is 0. The molecule has 0 saturated heterocycles. The van der Waals surface area contributed by atoms with Crippen LogP contribution in [0.5, 0.6) is 5.75 Å². The lowest BCUT2D eigenvalue weighted by Gasteiger charge is -2.12. The summed E-state index contributed by atoms with van der Waals surface area (Å²) in [5, 5.41) is 3.57. The van der Waals surface area contributed by atoms with Crippen LogP contribution in [-0.2, 0) is 11.2 Å². The van der Waals surface area contributed by atoms with Crippen molar-refractivity contribution in [3.8, 4) is 16.9 Å². The highest BCUT2D eigenvalue weighted by atomic mass is 19.2. The van der Waals surface area contributed by atoms with Gasteiger partial charge in [0, 0.05) is 10.6 Å². The number of carbonyl (C=O) groups is 1. The van der Waals surface area contributed by atoms with Crippen LogP contribution in [0.3, 0.4) is 0 Å². The third-order valence-corrected chi connectivity index (χ3v) is 4.08. The molecule has 0 N–H and O–H groups in total. The fourth-order valence-corrected chi connectivity index (χ4v) is 2.75. The van der Waals surface area contributed by atoms with Crippen LogP contribution in [0.15, 0.2) is 53.6 Å². The molecule has 0 spiro atoms. The van der Waals surface area contributed by atoms with Gasteiger partial charge in [-0.1, -0.05) is 53.6 Å². The average Bonchev–Trinajstić information content (AvgIpc) is 2.75. The van der Waals surface area contributed by atoms with E-state index in [4.69, 9.17) is 5.53 Å². The van der Waals surface area contributed by atoms with Crippen LogP contribution in [0.1, 0.15) is 5.56 Å². The van der Waals surface area contributed by atoms with Gasteiger partial charge in [0.1, 0.15) is 0 Å². The van der Waals surface area contributed by atoms with Gasteiger partial charge in [-0.2, -0.15) is 8.78 Å². The van der Waals surface area contributed by atoms with Crippen molar-refractivity contribution >= 4 is 11.7 Å². The van der Waals surface area contributed by atoms with Crippen LogP contribution in [0.4, 0.5) is 27.6 Å². The molecule has 3 rings (SSSR count). The maximum absolute atomic E-state index is 13.7. The topological polar surface area (TPSA) is 75.1 Å². The molecule has 0 aromatic heterocycles. The van der Waals surface area contributed by atoms with E-state index in [-0.39, 0.29) is 5.69 Å². The third-order valence-electron chi connectivity index (χ3n) is 4.08. The summed E-state index contributed by atoms with van der Waals surface area (Å²) >= 11 is 0. The molecule has 0 atom stereocenters. The van der Waals surface area contributed by atoms with Crippen LogP contribution in [0, 0.1) is 29.1 Å². The maximum Gasteiger partial charge on any atom is 0.315 e. The van der Waals surface area contributed by atoms with E-state index >= 15 is 0 Å². The van der Waals surface area contributed by atoms with Gasteiger partial charge in [-0.05, 0) is 22.2 Å². The van der Waals surface area contributed by atoms with Crippen LogP contribution in [0.25, 0.3) is 21.6 Å². The van der Waals surface area contributed by atoms with Gasteiger partial charge < -0.3 is 4.74 Å². The zero-order valence-electron chi connectivity index (χ0n) is 14.9. The first-order valence-electron chi connectivity index (χ1n) is 8.29. The van der Waals surface area contributed by atoms with Crippen molar-refractivity contribution in [2.24, 2.45) is 5.11 Å². The molecule has 152 valence electrons. The van der Waals surface area contributed by atoms with E-state index in [1.807, 2.05) is 0 Å². The maximum atomic E-state index is 13.7. The Morgan fingerprint density at radius 2 is 1.37 bits per heavy atom. The number of hydrogen-bond donors (Lipinski definition) is 0. The number of carbonyl (C=O) groups excluding carboxylic acids is 1. The average molecular weight is 419 g/mol. The second-order valence-corrected chi connectivity index (χ2v) is 5.91. The summed E-state index contributed by atoms with van der Waals surface area (Å²) in [5.74, 6) is -14.2. The van der Waals surface area contributed by atoms with Crippen molar-refractivity contribution in [2.45, 2.75) is 6.42 Å². The lowest BCUT2D eigenvalue weighted by atomic mass is 9.96. The van der Waals surface area contributed by atoms with Crippen molar-refractivity contribution < 1.29 is 31.5 Å². The molecular formula is C20H10F5N3O2. The Labute approximate surface area is 166 Å².